The summed E-state index contributed by atoms with van der Waals surface area (Å²) in [4.78, 5) is 37.6. The Labute approximate surface area is 129 Å². The van der Waals surface area contributed by atoms with E-state index in [1.807, 2.05) is 0 Å². The van der Waals surface area contributed by atoms with E-state index < -0.39 is 6.04 Å². The molecular weight excluding hydrogens is 373 g/mol. The molecule has 1 unspecified atom stereocenters. The monoisotopic (exact) mass is 385 g/mol. The van der Waals surface area contributed by atoms with Crippen molar-refractivity contribution in [1.29, 1.82) is 0 Å². The fraction of sp³-hybridized carbons (Fsp3) is 0.308. The maximum absolute atomic E-state index is 12.4. The number of hydrogen-bond donors (Lipinski definition) is 1. The first-order valence-corrected chi connectivity index (χ1v) is 7.18. The van der Waals surface area contributed by atoms with E-state index in [0.717, 1.165) is 8.68 Å². The molecule has 104 valence electrons. The van der Waals surface area contributed by atoms with Crippen LogP contribution in [-0.2, 0) is 16.1 Å². The molecule has 2 N–H and O–H groups in total. The second-order valence-electron chi connectivity index (χ2n) is 4.87. The van der Waals surface area contributed by atoms with Crippen molar-refractivity contribution in [1.82, 2.24) is 8.01 Å². The minimum absolute atomic E-state index is 0.190. The first kappa shape index (κ1) is 13.3. The molecule has 0 bridgehead atoms. The smallest absolute Gasteiger partial charge is 0.260 e. The van der Waals surface area contributed by atoms with Gasteiger partial charge in [0.1, 0.15) is 6.04 Å². The van der Waals surface area contributed by atoms with E-state index in [9.17, 15) is 14.4 Å². The van der Waals surface area contributed by atoms with Crippen LogP contribution in [0.4, 0.5) is 5.69 Å². The number of nitrogen functional groups attached to an aromatic ring is 1. The number of piperidine rings is 1. The Hall–Kier alpha value is -1.64. The zero-order chi connectivity index (χ0) is 14.4. The van der Waals surface area contributed by atoms with Gasteiger partial charge in [-0.05, 0) is 18.6 Å². The Morgan fingerprint density at radius 3 is 2.70 bits per heavy atom. The number of carbonyl (C=O) groups is 3. The molecule has 0 spiro atoms. The van der Waals surface area contributed by atoms with Crippen molar-refractivity contribution in [2.75, 3.05) is 5.73 Å². The van der Waals surface area contributed by atoms with Gasteiger partial charge < -0.3 is 10.6 Å². The fourth-order valence-corrected chi connectivity index (χ4v) is 3.22. The first-order chi connectivity index (χ1) is 9.50. The number of fused-ring (bicyclic) bond motifs is 1. The molecule has 1 atom stereocenters. The zero-order valence-corrected chi connectivity index (χ0v) is 12.7. The fourth-order valence-electron chi connectivity index (χ4n) is 2.65. The van der Waals surface area contributed by atoms with Crippen LogP contribution >= 0.6 is 22.9 Å². The highest BCUT2D eigenvalue weighted by molar-refractivity contribution is 14.1. The van der Waals surface area contributed by atoms with Crippen molar-refractivity contribution in [3.63, 3.8) is 0 Å². The van der Waals surface area contributed by atoms with Gasteiger partial charge in [0, 0.05) is 29.8 Å². The molecule has 3 rings (SSSR count). The molecule has 2 heterocycles. The van der Waals surface area contributed by atoms with Crippen molar-refractivity contribution in [2.24, 2.45) is 0 Å². The van der Waals surface area contributed by atoms with Crippen LogP contribution in [0.1, 0.15) is 28.8 Å². The van der Waals surface area contributed by atoms with Crippen molar-refractivity contribution >= 4 is 46.3 Å². The second-order valence-corrected chi connectivity index (χ2v) is 5.84. The lowest BCUT2D eigenvalue weighted by molar-refractivity contribution is -0.143. The number of imide groups is 1. The molecule has 3 amide bonds. The summed E-state index contributed by atoms with van der Waals surface area (Å²) in [5.74, 6) is -0.734. The quantitative estimate of drug-likeness (QED) is 0.340. The molecule has 6 nitrogen and oxygen atoms in total. The van der Waals surface area contributed by atoms with Gasteiger partial charge in [-0.2, -0.15) is 0 Å². The highest BCUT2D eigenvalue weighted by atomic mass is 127. The van der Waals surface area contributed by atoms with Crippen LogP contribution < -0.4 is 5.73 Å². The van der Waals surface area contributed by atoms with Gasteiger partial charge in [0.15, 0.2) is 0 Å². The Balaban J connectivity index is 1.91. The summed E-state index contributed by atoms with van der Waals surface area (Å²) in [5, 5.41) is 0. The van der Waals surface area contributed by atoms with Gasteiger partial charge >= 0.3 is 0 Å². The van der Waals surface area contributed by atoms with Gasteiger partial charge in [0.2, 0.25) is 5.91 Å². The normalized spacial score (nSPS) is 22.4. The third kappa shape index (κ3) is 1.88. The Kier molecular flexibility index (Phi) is 3.15. The van der Waals surface area contributed by atoms with E-state index in [1.165, 1.54) is 4.90 Å². The average Bonchev–Trinajstić information content (AvgIpc) is 2.76. The lowest BCUT2D eigenvalue weighted by atomic mass is 10.0. The summed E-state index contributed by atoms with van der Waals surface area (Å²) in [6.45, 7) is 0.329. The Morgan fingerprint density at radius 1 is 1.25 bits per heavy atom. The Morgan fingerprint density at radius 2 is 2.00 bits per heavy atom. The van der Waals surface area contributed by atoms with E-state index >= 15 is 0 Å². The zero-order valence-electron chi connectivity index (χ0n) is 10.5. The van der Waals surface area contributed by atoms with Gasteiger partial charge in [-0.1, -0.05) is 6.07 Å². The summed E-state index contributed by atoms with van der Waals surface area (Å²) in [7, 11) is 0. The molecule has 1 fully saturated rings. The van der Waals surface area contributed by atoms with Crippen molar-refractivity contribution in [3.8, 4) is 0 Å². The van der Waals surface area contributed by atoms with Gasteiger partial charge in [-0.3, -0.25) is 14.4 Å². The van der Waals surface area contributed by atoms with Crippen molar-refractivity contribution < 1.29 is 14.4 Å². The van der Waals surface area contributed by atoms with Gasteiger partial charge in [0.25, 0.3) is 11.8 Å². The molecule has 1 saturated heterocycles. The number of anilines is 1. The van der Waals surface area contributed by atoms with Crippen LogP contribution in [0.5, 0.6) is 0 Å². The topological polar surface area (TPSA) is 83.7 Å². The maximum Gasteiger partial charge on any atom is 0.260 e. The Bertz CT molecular complexity index is 631. The van der Waals surface area contributed by atoms with Crippen LogP contribution in [0.3, 0.4) is 0 Å². The number of benzene rings is 1. The van der Waals surface area contributed by atoms with Crippen LogP contribution in [-0.4, -0.2) is 31.8 Å². The van der Waals surface area contributed by atoms with Crippen molar-refractivity contribution in [3.05, 3.63) is 29.3 Å². The molecule has 2 aliphatic rings. The molecule has 7 heteroatoms. The van der Waals surface area contributed by atoms with E-state index in [1.54, 1.807) is 41.1 Å². The van der Waals surface area contributed by atoms with Crippen LogP contribution in [0, 0.1) is 0 Å². The standard InChI is InChI=1S/C13H12IN3O3/c14-17-11(18)5-4-10(13(17)20)16-6-8-7(12(16)19)2-1-3-9(8)15/h1-3,10H,4-6,15H2. The van der Waals surface area contributed by atoms with Crippen LogP contribution in [0.25, 0.3) is 0 Å². The SMILES string of the molecule is Nc1cccc2c1CN(C1CCC(=O)N(I)C1=O)C2=O. The number of nitrogens with two attached hydrogens (primary N) is 1. The van der Waals surface area contributed by atoms with Crippen LogP contribution in [0.2, 0.25) is 0 Å². The summed E-state index contributed by atoms with van der Waals surface area (Å²) < 4.78 is 1.07. The van der Waals surface area contributed by atoms with Crippen molar-refractivity contribution in [2.45, 2.75) is 25.4 Å². The average molecular weight is 385 g/mol. The number of halogens is 1. The van der Waals surface area contributed by atoms with E-state index in [2.05, 4.69) is 0 Å². The molecule has 1 aromatic rings. The molecule has 0 aromatic heterocycles. The van der Waals surface area contributed by atoms with Gasteiger partial charge in [0.05, 0.1) is 22.9 Å². The second kappa shape index (κ2) is 4.72. The number of carbonyl (C=O) groups excluding carboxylic acids is 3. The van der Waals surface area contributed by atoms with E-state index in [-0.39, 0.29) is 24.1 Å². The molecule has 1 aromatic carbocycles. The van der Waals surface area contributed by atoms with E-state index in [0.29, 0.717) is 24.2 Å². The summed E-state index contributed by atoms with van der Waals surface area (Å²) in [6, 6.07) is 4.61. The molecular formula is C13H12IN3O3. The minimum Gasteiger partial charge on any atom is -0.398 e. The summed E-state index contributed by atoms with van der Waals surface area (Å²) in [6.07, 6.45) is 0.645. The molecule has 0 saturated carbocycles. The minimum atomic E-state index is -0.580. The largest absolute Gasteiger partial charge is 0.398 e. The molecule has 20 heavy (non-hydrogen) atoms. The number of rotatable bonds is 1. The van der Waals surface area contributed by atoms with Crippen LogP contribution in [0.15, 0.2) is 18.2 Å². The summed E-state index contributed by atoms with van der Waals surface area (Å²) in [5.41, 5.74) is 7.76. The third-order valence-corrected chi connectivity index (χ3v) is 4.75. The first-order valence-electron chi connectivity index (χ1n) is 6.21. The number of hydrogen-bond acceptors (Lipinski definition) is 4. The lowest BCUT2D eigenvalue weighted by Crippen LogP contribution is -2.51. The highest BCUT2D eigenvalue weighted by Crippen LogP contribution is 2.32. The molecule has 0 radical (unpaired) electrons. The summed E-state index contributed by atoms with van der Waals surface area (Å²) >= 11 is 1.70. The third-order valence-electron chi connectivity index (χ3n) is 3.74. The predicted octanol–water partition coefficient (Wildman–Crippen LogP) is 1.09. The van der Waals surface area contributed by atoms with Gasteiger partial charge in [-0.25, -0.2) is 3.11 Å². The number of amides is 3. The van der Waals surface area contributed by atoms with E-state index in [4.69, 9.17) is 5.73 Å². The maximum atomic E-state index is 12.4. The highest BCUT2D eigenvalue weighted by Gasteiger charge is 2.42. The molecule has 0 aliphatic carbocycles. The molecule has 2 aliphatic heterocycles. The predicted molar refractivity (Wildman–Crippen MR) is 79.6 cm³/mol. The lowest BCUT2D eigenvalue weighted by Gasteiger charge is -2.32. The van der Waals surface area contributed by atoms with Gasteiger partial charge in [-0.15, -0.1) is 0 Å². The number of nitrogens with zero attached hydrogens (tertiary/aromatic N) is 2.